The summed E-state index contributed by atoms with van der Waals surface area (Å²) in [6.07, 6.45) is 6.41. The Labute approximate surface area is 129 Å². The standard InChI is InChI=1S/C17H31NO3/c1-13(2)9-7-8-10-14-11-18(12-15(14)20-6)16(19)21-17(3,4)5/h7,9,13-15H,8,10-12H2,1-6H3/b9-7+. The second kappa shape index (κ2) is 7.83. The molecule has 1 fully saturated rings. The van der Waals surface area contributed by atoms with Gasteiger partial charge in [-0.25, -0.2) is 4.79 Å². The summed E-state index contributed by atoms with van der Waals surface area (Å²) in [5.74, 6) is 0.976. The number of hydrogen-bond donors (Lipinski definition) is 0. The van der Waals surface area contributed by atoms with Crippen LogP contribution in [0.5, 0.6) is 0 Å². The number of methoxy groups -OCH3 is 1. The van der Waals surface area contributed by atoms with Gasteiger partial charge in [0.15, 0.2) is 0 Å². The molecule has 0 aromatic heterocycles. The van der Waals surface area contributed by atoms with E-state index in [1.54, 1.807) is 12.0 Å². The average Bonchev–Trinajstić information content (AvgIpc) is 2.75. The Balaban J connectivity index is 2.49. The van der Waals surface area contributed by atoms with E-state index in [1.807, 2.05) is 20.8 Å². The first-order valence-electron chi connectivity index (χ1n) is 7.90. The first kappa shape index (κ1) is 18.0. The molecule has 21 heavy (non-hydrogen) atoms. The molecule has 4 heteroatoms. The van der Waals surface area contributed by atoms with Crippen LogP contribution in [-0.4, -0.2) is 42.9 Å². The van der Waals surface area contributed by atoms with Crippen LogP contribution in [0.2, 0.25) is 0 Å². The highest BCUT2D eigenvalue weighted by Crippen LogP contribution is 2.25. The van der Waals surface area contributed by atoms with E-state index in [4.69, 9.17) is 9.47 Å². The normalized spacial score (nSPS) is 23.3. The second-order valence-corrected chi connectivity index (χ2v) is 7.17. The minimum Gasteiger partial charge on any atom is -0.444 e. The minimum atomic E-state index is -0.447. The first-order chi connectivity index (χ1) is 9.73. The van der Waals surface area contributed by atoms with Crippen molar-refractivity contribution in [3.8, 4) is 0 Å². The molecule has 1 saturated heterocycles. The molecule has 1 rings (SSSR count). The van der Waals surface area contributed by atoms with Crippen molar-refractivity contribution < 1.29 is 14.3 Å². The number of ether oxygens (including phenoxy) is 2. The van der Waals surface area contributed by atoms with E-state index >= 15 is 0 Å². The van der Waals surface area contributed by atoms with E-state index in [0.29, 0.717) is 18.4 Å². The van der Waals surface area contributed by atoms with Gasteiger partial charge in [0.1, 0.15) is 5.60 Å². The SMILES string of the molecule is COC1CN(C(=O)OC(C)(C)C)CC1CC/C=C/C(C)C. The molecule has 2 unspecified atom stereocenters. The summed E-state index contributed by atoms with van der Waals surface area (Å²) in [4.78, 5) is 13.9. The molecule has 0 aliphatic carbocycles. The summed E-state index contributed by atoms with van der Waals surface area (Å²) < 4.78 is 11.0. The zero-order chi connectivity index (χ0) is 16.0. The van der Waals surface area contributed by atoms with Gasteiger partial charge in [-0.3, -0.25) is 0 Å². The Morgan fingerprint density at radius 2 is 2.00 bits per heavy atom. The number of hydrogen-bond acceptors (Lipinski definition) is 3. The third-order valence-electron chi connectivity index (χ3n) is 3.56. The first-order valence-corrected chi connectivity index (χ1v) is 7.90. The zero-order valence-corrected chi connectivity index (χ0v) is 14.4. The van der Waals surface area contributed by atoms with Gasteiger partial charge in [0.2, 0.25) is 0 Å². The molecule has 1 heterocycles. The van der Waals surface area contributed by atoms with E-state index < -0.39 is 5.60 Å². The number of carbonyl (C=O) groups is 1. The predicted molar refractivity (Wildman–Crippen MR) is 85.3 cm³/mol. The van der Waals surface area contributed by atoms with Gasteiger partial charge in [-0.15, -0.1) is 0 Å². The van der Waals surface area contributed by atoms with Crippen LogP contribution in [0.25, 0.3) is 0 Å². The minimum absolute atomic E-state index is 0.116. The summed E-state index contributed by atoms with van der Waals surface area (Å²) >= 11 is 0. The fourth-order valence-electron chi connectivity index (χ4n) is 2.54. The van der Waals surface area contributed by atoms with Crippen molar-refractivity contribution in [3.63, 3.8) is 0 Å². The molecule has 4 nitrogen and oxygen atoms in total. The number of nitrogens with zero attached hydrogens (tertiary/aromatic N) is 1. The number of allylic oxidation sites excluding steroid dienone is 2. The summed E-state index contributed by atoms with van der Waals surface area (Å²) in [5, 5.41) is 0. The predicted octanol–water partition coefficient (Wildman–Crippen LogP) is 3.86. The van der Waals surface area contributed by atoms with Gasteiger partial charge in [0.25, 0.3) is 0 Å². The lowest BCUT2D eigenvalue weighted by Crippen LogP contribution is -2.36. The summed E-state index contributed by atoms with van der Waals surface area (Å²) in [6.45, 7) is 11.4. The van der Waals surface area contributed by atoms with Crippen LogP contribution in [0.1, 0.15) is 47.5 Å². The maximum absolute atomic E-state index is 12.1. The third kappa shape index (κ3) is 6.51. The lowest BCUT2D eigenvalue weighted by Gasteiger charge is -2.24. The molecule has 0 saturated carbocycles. The van der Waals surface area contributed by atoms with E-state index in [2.05, 4.69) is 26.0 Å². The topological polar surface area (TPSA) is 38.8 Å². The quantitative estimate of drug-likeness (QED) is 0.723. The average molecular weight is 297 g/mol. The molecule has 122 valence electrons. The Kier molecular flexibility index (Phi) is 6.72. The molecule has 1 aliphatic heterocycles. The van der Waals surface area contributed by atoms with E-state index in [-0.39, 0.29) is 12.2 Å². The second-order valence-electron chi connectivity index (χ2n) is 7.17. The Morgan fingerprint density at radius 1 is 1.33 bits per heavy atom. The van der Waals surface area contributed by atoms with Crippen molar-refractivity contribution in [2.45, 2.75) is 59.2 Å². The molecule has 0 N–H and O–H groups in total. The summed E-state index contributed by atoms with van der Waals surface area (Å²) in [6, 6.07) is 0. The third-order valence-corrected chi connectivity index (χ3v) is 3.56. The highest BCUT2D eigenvalue weighted by Gasteiger charge is 2.36. The van der Waals surface area contributed by atoms with Crippen LogP contribution in [0.3, 0.4) is 0 Å². The van der Waals surface area contributed by atoms with E-state index in [9.17, 15) is 4.79 Å². The molecule has 0 aromatic carbocycles. The maximum atomic E-state index is 12.1. The lowest BCUT2D eigenvalue weighted by molar-refractivity contribution is 0.0251. The van der Waals surface area contributed by atoms with Crippen molar-refractivity contribution in [2.24, 2.45) is 11.8 Å². The highest BCUT2D eigenvalue weighted by atomic mass is 16.6. The van der Waals surface area contributed by atoms with Crippen molar-refractivity contribution in [1.29, 1.82) is 0 Å². The van der Waals surface area contributed by atoms with Gasteiger partial charge in [-0.2, -0.15) is 0 Å². The maximum Gasteiger partial charge on any atom is 0.410 e. The Morgan fingerprint density at radius 3 is 2.52 bits per heavy atom. The fraction of sp³-hybridized carbons (Fsp3) is 0.824. The van der Waals surface area contributed by atoms with Crippen LogP contribution < -0.4 is 0 Å². The van der Waals surface area contributed by atoms with E-state index in [0.717, 1.165) is 19.4 Å². The molecule has 2 atom stereocenters. The number of carbonyl (C=O) groups excluding carboxylic acids is 1. The number of rotatable bonds is 5. The molecule has 0 aromatic rings. The Bertz CT molecular complexity index is 358. The van der Waals surface area contributed by atoms with Crippen LogP contribution in [0.15, 0.2) is 12.2 Å². The molecule has 0 radical (unpaired) electrons. The molecule has 1 amide bonds. The van der Waals surface area contributed by atoms with Crippen LogP contribution >= 0.6 is 0 Å². The van der Waals surface area contributed by atoms with Crippen molar-refractivity contribution in [1.82, 2.24) is 4.90 Å². The van der Waals surface area contributed by atoms with Gasteiger partial charge in [-0.1, -0.05) is 26.0 Å². The van der Waals surface area contributed by atoms with Gasteiger partial charge in [0, 0.05) is 19.6 Å². The zero-order valence-electron chi connectivity index (χ0n) is 14.4. The van der Waals surface area contributed by atoms with Gasteiger partial charge in [-0.05, 0) is 39.5 Å². The molecular weight excluding hydrogens is 266 g/mol. The highest BCUT2D eigenvalue weighted by molar-refractivity contribution is 5.68. The van der Waals surface area contributed by atoms with Crippen molar-refractivity contribution in [3.05, 3.63) is 12.2 Å². The Hall–Kier alpha value is -1.03. The monoisotopic (exact) mass is 297 g/mol. The van der Waals surface area contributed by atoms with Crippen LogP contribution in [0, 0.1) is 11.8 Å². The van der Waals surface area contributed by atoms with Gasteiger partial charge in [0.05, 0.1) is 12.6 Å². The van der Waals surface area contributed by atoms with Gasteiger partial charge >= 0.3 is 6.09 Å². The number of amides is 1. The fourth-order valence-corrected chi connectivity index (χ4v) is 2.54. The van der Waals surface area contributed by atoms with Crippen molar-refractivity contribution >= 4 is 6.09 Å². The lowest BCUT2D eigenvalue weighted by atomic mass is 9.99. The number of likely N-dealkylation sites (tertiary alicyclic amines) is 1. The molecule has 0 bridgehead atoms. The van der Waals surface area contributed by atoms with Gasteiger partial charge < -0.3 is 14.4 Å². The van der Waals surface area contributed by atoms with Crippen molar-refractivity contribution in [2.75, 3.05) is 20.2 Å². The largest absolute Gasteiger partial charge is 0.444 e. The molecule has 1 aliphatic rings. The van der Waals surface area contributed by atoms with E-state index in [1.165, 1.54) is 0 Å². The van der Waals surface area contributed by atoms with Crippen LogP contribution in [0.4, 0.5) is 4.79 Å². The molecular formula is C17H31NO3. The van der Waals surface area contributed by atoms with Crippen LogP contribution in [-0.2, 0) is 9.47 Å². The summed E-state index contributed by atoms with van der Waals surface area (Å²) in [5.41, 5.74) is -0.447. The summed E-state index contributed by atoms with van der Waals surface area (Å²) in [7, 11) is 1.72. The molecule has 0 spiro atoms. The smallest absolute Gasteiger partial charge is 0.410 e.